The predicted molar refractivity (Wildman–Crippen MR) is 72.6 cm³/mol. The lowest BCUT2D eigenvalue weighted by atomic mass is 10.1. The minimum atomic E-state index is -4.44. The van der Waals surface area contributed by atoms with Crippen LogP contribution >= 0.6 is 15.9 Å². The van der Waals surface area contributed by atoms with Gasteiger partial charge in [-0.25, -0.2) is 4.68 Å². The van der Waals surface area contributed by atoms with Crippen LogP contribution in [0.1, 0.15) is 18.1 Å². The highest BCUT2D eigenvalue weighted by atomic mass is 79.9. The zero-order valence-electron chi connectivity index (χ0n) is 10.6. The second-order valence-electron chi connectivity index (χ2n) is 4.27. The molecule has 0 aliphatic heterocycles. The van der Waals surface area contributed by atoms with Gasteiger partial charge in [-0.15, -0.1) is 0 Å². The van der Waals surface area contributed by atoms with Gasteiger partial charge in [-0.2, -0.15) is 13.2 Å². The van der Waals surface area contributed by atoms with Crippen LogP contribution in [-0.4, -0.2) is 9.36 Å². The Morgan fingerprint density at radius 1 is 1.25 bits per heavy atom. The van der Waals surface area contributed by atoms with Crippen LogP contribution in [0.4, 0.5) is 13.2 Å². The Morgan fingerprint density at radius 3 is 2.55 bits per heavy atom. The summed E-state index contributed by atoms with van der Waals surface area (Å²) in [6.07, 6.45) is -2.88. The normalized spacial score (nSPS) is 11.8. The van der Waals surface area contributed by atoms with Crippen molar-refractivity contribution in [3.63, 3.8) is 0 Å². The third kappa shape index (κ3) is 2.98. The van der Waals surface area contributed by atoms with Crippen molar-refractivity contribution in [2.45, 2.75) is 26.2 Å². The molecule has 0 atom stereocenters. The number of halogens is 4. The van der Waals surface area contributed by atoms with Crippen molar-refractivity contribution >= 4 is 15.9 Å². The first kappa shape index (κ1) is 14.9. The number of hydrogen-bond donors (Lipinski definition) is 0. The van der Waals surface area contributed by atoms with E-state index in [1.54, 1.807) is 10.9 Å². The molecular formula is C13H12BrF3N2O. The molecule has 1 aromatic heterocycles. The van der Waals surface area contributed by atoms with E-state index in [0.29, 0.717) is 11.0 Å². The summed E-state index contributed by atoms with van der Waals surface area (Å²) >= 11 is 3.16. The lowest BCUT2D eigenvalue weighted by molar-refractivity contribution is -0.138. The Labute approximate surface area is 121 Å². The molecule has 108 valence electrons. The van der Waals surface area contributed by atoms with Gasteiger partial charge in [-0.1, -0.05) is 15.9 Å². The smallest absolute Gasteiger partial charge is 0.290 e. The Balaban J connectivity index is 2.50. The molecule has 0 spiro atoms. The van der Waals surface area contributed by atoms with E-state index in [1.165, 1.54) is 22.9 Å². The molecule has 0 radical (unpaired) electrons. The molecule has 0 unspecified atom stereocenters. The molecule has 0 aliphatic rings. The zero-order chi connectivity index (χ0) is 14.9. The highest BCUT2D eigenvalue weighted by Gasteiger charge is 2.33. The van der Waals surface area contributed by atoms with E-state index in [9.17, 15) is 18.0 Å². The van der Waals surface area contributed by atoms with E-state index >= 15 is 0 Å². The van der Waals surface area contributed by atoms with Gasteiger partial charge in [0, 0.05) is 23.3 Å². The van der Waals surface area contributed by atoms with Crippen molar-refractivity contribution in [1.82, 2.24) is 9.36 Å². The van der Waals surface area contributed by atoms with E-state index < -0.39 is 11.7 Å². The highest BCUT2D eigenvalue weighted by Crippen LogP contribution is 2.33. The molecule has 0 aliphatic carbocycles. The van der Waals surface area contributed by atoms with Crippen molar-refractivity contribution in [3.8, 4) is 0 Å². The van der Waals surface area contributed by atoms with Crippen molar-refractivity contribution < 1.29 is 13.2 Å². The lowest BCUT2D eigenvalue weighted by Gasteiger charge is -2.15. The summed E-state index contributed by atoms with van der Waals surface area (Å²) < 4.78 is 42.4. The summed E-state index contributed by atoms with van der Waals surface area (Å²) in [7, 11) is 0. The van der Waals surface area contributed by atoms with Gasteiger partial charge in [0.1, 0.15) is 0 Å². The molecule has 0 fully saturated rings. The maximum Gasteiger partial charge on any atom is 0.416 e. The van der Waals surface area contributed by atoms with Crippen LogP contribution < -0.4 is 5.56 Å². The fourth-order valence-electron chi connectivity index (χ4n) is 2.02. The predicted octanol–water partition coefficient (Wildman–Crippen LogP) is 3.50. The second-order valence-corrected chi connectivity index (χ2v) is 5.18. The molecule has 0 N–H and O–H groups in total. The molecular weight excluding hydrogens is 337 g/mol. The minimum Gasteiger partial charge on any atom is -0.290 e. The van der Waals surface area contributed by atoms with Crippen LogP contribution in [0.2, 0.25) is 0 Å². The van der Waals surface area contributed by atoms with Gasteiger partial charge >= 0.3 is 6.18 Å². The van der Waals surface area contributed by atoms with Gasteiger partial charge in [0.25, 0.3) is 5.56 Å². The molecule has 7 heteroatoms. The van der Waals surface area contributed by atoms with Gasteiger partial charge in [-0.05, 0) is 30.7 Å². The van der Waals surface area contributed by atoms with Crippen LogP contribution in [0.25, 0.3) is 0 Å². The monoisotopic (exact) mass is 348 g/mol. The molecule has 0 saturated carbocycles. The summed E-state index contributed by atoms with van der Waals surface area (Å²) in [6.45, 7) is 2.22. The average molecular weight is 349 g/mol. The number of rotatable bonds is 3. The zero-order valence-corrected chi connectivity index (χ0v) is 12.2. The molecule has 0 amide bonds. The second kappa shape index (κ2) is 5.47. The molecule has 1 heterocycles. The van der Waals surface area contributed by atoms with Crippen LogP contribution in [0, 0.1) is 0 Å². The van der Waals surface area contributed by atoms with Gasteiger partial charge in [0.2, 0.25) is 0 Å². The topological polar surface area (TPSA) is 26.9 Å². The van der Waals surface area contributed by atoms with E-state index in [0.717, 1.165) is 6.07 Å². The van der Waals surface area contributed by atoms with Crippen molar-refractivity contribution in [2.75, 3.05) is 0 Å². The molecule has 20 heavy (non-hydrogen) atoms. The minimum absolute atomic E-state index is 0.0578. The maximum absolute atomic E-state index is 13.0. The first-order chi connectivity index (χ1) is 9.32. The Hall–Kier alpha value is -1.50. The van der Waals surface area contributed by atoms with Crippen molar-refractivity contribution in [3.05, 3.63) is 56.4 Å². The van der Waals surface area contributed by atoms with E-state index in [-0.39, 0.29) is 17.7 Å². The van der Waals surface area contributed by atoms with Crippen molar-refractivity contribution in [2.24, 2.45) is 0 Å². The number of benzene rings is 1. The SMILES string of the molecule is CCn1ccc(=O)n1Cc1cc(Br)ccc1C(F)(F)F. The summed E-state index contributed by atoms with van der Waals surface area (Å²) in [5, 5.41) is 0. The summed E-state index contributed by atoms with van der Waals surface area (Å²) in [4.78, 5) is 11.7. The fraction of sp³-hybridized carbons (Fsp3) is 0.308. The average Bonchev–Trinajstić information content (AvgIpc) is 2.69. The third-order valence-electron chi connectivity index (χ3n) is 2.97. The maximum atomic E-state index is 13.0. The lowest BCUT2D eigenvalue weighted by Crippen LogP contribution is -2.24. The molecule has 2 aromatic rings. The number of aryl methyl sites for hydroxylation is 1. The Morgan fingerprint density at radius 2 is 1.95 bits per heavy atom. The van der Waals surface area contributed by atoms with Gasteiger partial charge in [-0.3, -0.25) is 9.48 Å². The number of alkyl halides is 3. The Bertz CT molecular complexity index is 673. The highest BCUT2D eigenvalue weighted by molar-refractivity contribution is 9.10. The molecule has 0 saturated heterocycles. The van der Waals surface area contributed by atoms with E-state index in [2.05, 4.69) is 15.9 Å². The number of hydrogen-bond acceptors (Lipinski definition) is 1. The van der Waals surface area contributed by atoms with Crippen LogP contribution in [0.15, 0.2) is 39.7 Å². The first-order valence-electron chi connectivity index (χ1n) is 5.95. The first-order valence-corrected chi connectivity index (χ1v) is 6.74. The van der Waals surface area contributed by atoms with Crippen molar-refractivity contribution in [1.29, 1.82) is 0 Å². The largest absolute Gasteiger partial charge is 0.416 e. The summed E-state index contributed by atoms with van der Waals surface area (Å²) in [6, 6.07) is 5.09. The van der Waals surface area contributed by atoms with Gasteiger partial charge in [0.15, 0.2) is 0 Å². The Kier molecular flexibility index (Phi) is 4.08. The third-order valence-corrected chi connectivity index (χ3v) is 3.46. The van der Waals surface area contributed by atoms with E-state index in [4.69, 9.17) is 0 Å². The molecule has 3 nitrogen and oxygen atoms in total. The molecule has 1 aromatic carbocycles. The fourth-order valence-corrected chi connectivity index (χ4v) is 2.43. The van der Waals surface area contributed by atoms with Crippen LogP contribution in [0.5, 0.6) is 0 Å². The summed E-state index contributed by atoms with van der Waals surface area (Å²) in [5.41, 5.74) is -0.987. The van der Waals surface area contributed by atoms with E-state index in [1.807, 2.05) is 6.92 Å². The quantitative estimate of drug-likeness (QED) is 0.833. The summed E-state index contributed by atoms with van der Waals surface area (Å²) in [5.74, 6) is 0. The number of nitrogens with zero attached hydrogens (tertiary/aromatic N) is 2. The standard InChI is InChI=1S/C13H12BrF3N2O/c1-2-18-6-5-12(20)19(18)8-9-7-10(14)3-4-11(9)13(15,16)17/h3-7H,2,8H2,1H3. The van der Waals surface area contributed by atoms with Crippen LogP contribution in [-0.2, 0) is 19.3 Å². The van der Waals surface area contributed by atoms with Gasteiger partial charge < -0.3 is 0 Å². The molecule has 2 rings (SSSR count). The molecule has 0 bridgehead atoms. The van der Waals surface area contributed by atoms with Crippen LogP contribution in [0.3, 0.4) is 0 Å². The van der Waals surface area contributed by atoms with Gasteiger partial charge in [0.05, 0.1) is 12.1 Å². The number of aromatic nitrogens is 2.